The van der Waals surface area contributed by atoms with Crippen LogP contribution in [0.15, 0.2) is 67.1 Å². The lowest BCUT2D eigenvalue weighted by Crippen LogP contribution is -2.35. The van der Waals surface area contributed by atoms with Crippen molar-refractivity contribution < 1.29 is 14.0 Å². The number of halogens is 1. The van der Waals surface area contributed by atoms with E-state index in [1.54, 1.807) is 17.0 Å². The molecule has 26 heavy (non-hydrogen) atoms. The molecule has 0 radical (unpaired) electrons. The van der Waals surface area contributed by atoms with Crippen molar-refractivity contribution in [1.82, 2.24) is 14.5 Å². The van der Waals surface area contributed by atoms with Crippen molar-refractivity contribution in [2.75, 3.05) is 18.9 Å². The lowest BCUT2D eigenvalue weighted by molar-refractivity contribution is -0.116. The number of hydrogen-bond donors (Lipinski definition) is 1. The molecule has 0 atom stereocenters. The number of anilines is 1. The Bertz CT molecular complexity index is 924. The summed E-state index contributed by atoms with van der Waals surface area (Å²) in [5.74, 6) is -1.21. The SMILES string of the molecule is CN(CC(=O)Nc1cccc(F)c1)C(=O)c1cncn1-c1ccccc1. The van der Waals surface area contributed by atoms with Crippen LogP contribution in [-0.4, -0.2) is 39.9 Å². The minimum atomic E-state index is -0.445. The number of amides is 2. The Labute approximate surface area is 149 Å². The van der Waals surface area contributed by atoms with Crippen LogP contribution >= 0.6 is 0 Å². The number of carbonyl (C=O) groups excluding carboxylic acids is 2. The standard InChI is InChI=1S/C19H17FN4O2/c1-23(12-18(25)22-15-7-5-6-14(20)10-15)19(26)17-11-21-13-24(17)16-8-3-2-4-9-16/h2-11,13H,12H2,1H3,(H,22,25). The molecular weight excluding hydrogens is 335 g/mol. The zero-order chi connectivity index (χ0) is 18.5. The average Bonchev–Trinajstić information content (AvgIpc) is 3.11. The fourth-order valence-electron chi connectivity index (χ4n) is 2.50. The van der Waals surface area contributed by atoms with E-state index in [-0.39, 0.29) is 12.5 Å². The van der Waals surface area contributed by atoms with Crippen molar-refractivity contribution in [1.29, 1.82) is 0 Å². The van der Waals surface area contributed by atoms with Gasteiger partial charge in [0.05, 0.1) is 19.1 Å². The van der Waals surface area contributed by atoms with Crippen molar-refractivity contribution in [3.05, 3.63) is 78.6 Å². The number of para-hydroxylation sites is 1. The maximum absolute atomic E-state index is 13.2. The molecule has 2 amide bonds. The molecule has 3 aromatic rings. The summed E-state index contributed by atoms with van der Waals surface area (Å²) in [6.07, 6.45) is 3.00. The van der Waals surface area contributed by atoms with Gasteiger partial charge in [-0.3, -0.25) is 14.2 Å². The molecule has 0 saturated heterocycles. The summed E-state index contributed by atoms with van der Waals surface area (Å²) in [4.78, 5) is 30.1. The highest BCUT2D eigenvalue weighted by molar-refractivity contribution is 5.98. The maximum Gasteiger partial charge on any atom is 0.272 e. The van der Waals surface area contributed by atoms with Crippen LogP contribution in [0.4, 0.5) is 10.1 Å². The molecule has 0 unspecified atom stereocenters. The highest BCUT2D eigenvalue weighted by atomic mass is 19.1. The summed E-state index contributed by atoms with van der Waals surface area (Å²) >= 11 is 0. The molecule has 0 saturated carbocycles. The molecule has 0 aliphatic carbocycles. The van der Waals surface area contributed by atoms with Gasteiger partial charge in [0.15, 0.2) is 0 Å². The summed E-state index contributed by atoms with van der Waals surface area (Å²) in [7, 11) is 1.52. The lowest BCUT2D eigenvalue weighted by Gasteiger charge is -2.17. The van der Waals surface area contributed by atoms with Gasteiger partial charge in [-0.2, -0.15) is 0 Å². The maximum atomic E-state index is 13.2. The molecule has 132 valence electrons. The number of nitrogens with zero attached hydrogens (tertiary/aromatic N) is 3. The molecule has 0 aliphatic heterocycles. The molecular formula is C19H17FN4O2. The number of aromatic nitrogens is 2. The monoisotopic (exact) mass is 352 g/mol. The molecule has 6 nitrogen and oxygen atoms in total. The molecule has 1 heterocycles. The predicted molar refractivity (Wildman–Crippen MR) is 95.6 cm³/mol. The summed E-state index contributed by atoms with van der Waals surface area (Å²) in [6, 6.07) is 14.9. The summed E-state index contributed by atoms with van der Waals surface area (Å²) in [5, 5.41) is 2.56. The van der Waals surface area contributed by atoms with E-state index in [2.05, 4.69) is 10.3 Å². The summed E-state index contributed by atoms with van der Waals surface area (Å²) < 4.78 is 14.8. The number of nitrogens with one attached hydrogen (secondary N) is 1. The second-order valence-electron chi connectivity index (χ2n) is 5.70. The second kappa shape index (κ2) is 7.60. The number of imidazole rings is 1. The van der Waals surface area contributed by atoms with Gasteiger partial charge in [0.1, 0.15) is 11.5 Å². The van der Waals surface area contributed by atoms with Gasteiger partial charge < -0.3 is 10.2 Å². The molecule has 0 aliphatic rings. The zero-order valence-electron chi connectivity index (χ0n) is 14.1. The number of carbonyl (C=O) groups is 2. The largest absolute Gasteiger partial charge is 0.331 e. The Kier molecular flexibility index (Phi) is 5.07. The normalized spacial score (nSPS) is 10.4. The van der Waals surface area contributed by atoms with Gasteiger partial charge in [0.2, 0.25) is 5.91 Å². The van der Waals surface area contributed by atoms with E-state index >= 15 is 0 Å². The van der Waals surface area contributed by atoms with Crippen LogP contribution in [-0.2, 0) is 4.79 Å². The van der Waals surface area contributed by atoms with Crippen molar-refractivity contribution in [3.8, 4) is 5.69 Å². The number of hydrogen-bond acceptors (Lipinski definition) is 3. The third-order valence-corrected chi connectivity index (χ3v) is 3.73. The molecule has 0 bridgehead atoms. The van der Waals surface area contributed by atoms with E-state index in [9.17, 15) is 14.0 Å². The summed E-state index contributed by atoms with van der Waals surface area (Å²) in [6.45, 7) is -0.171. The van der Waals surface area contributed by atoms with Gasteiger partial charge in [-0.05, 0) is 30.3 Å². The molecule has 0 spiro atoms. The van der Waals surface area contributed by atoms with Crippen molar-refractivity contribution in [2.45, 2.75) is 0 Å². The van der Waals surface area contributed by atoms with Crippen LogP contribution in [0, 0.1) is 5.82 Å². The smallest absolute Gasteiger partial charge is 0.272 e. The Morgan fingerprint density at radius 3 is 2.65 bits per heavy atom. The molecule has 0 fully saturated rings. The fraction of sp³-hybridized carbons (Fsp3) is 0.105. The van der Waals surface area contributed by atoms with Crippen LogP contribution in [0.2, 0.25) is 0 Å². The Balaban J connectivity index is 1.69. The van der Waals surface area contributed by atoms with Crippen LogP contribution in [0.3, 0.4) is 0 Å². The Morgan fingerprint density at radius 1 is 1.15 bits per heavy atom. The van der Waals surface area contributed by atoms with E-state index < -0.39 is 11.7 Å². The predicted octanol–water partition coefficient (Wildman–Crippen LogP) is 2.72. The first-order valence-electron chi connectivity index (χ1n) is 7.93. The zero-order valence-corrected chi connectivity index (χ0v) is 14.1. The topological polar surface area (TPSA) is 67.2 Å². The van der Waals surface area contributed by atoms with Crippen molar-refractivity contribution in [3.63, 3.8) is 0 Å². The van der Waals surface area contributed by atoms with Crippen LogP contribution in [0.25, 0.3) is 5.69 Å². The van der Waals surface area contributed by atoms with E-state index in [1.165, 1.54) is 36.3 Å². The van der Waals surface area contributed by atoms with E-state index in [0.717, 1.165) is 5.69 Å². The quantitative estimate of drug-likeness (QED) is 0.768. The lowest BCUT2D eigenvalue weighted by atomic mass is 10.3. The molecule has 3 rings (SSSR count). The van der Waals surface area contributed by atoms with E-state index in [4.69, 9.17) is 0 Å². The van der Waals surface area contributed by atoms with Crippen LogP contribution in [0.1, 0.15) is 10.5 Å². The van der Waals surface area contributed by atoms with Gasteiger partial charge in [0, 0.05) is 18.4 Å². The average molecular weight is 352 g/mol. The molecule has 7 heteroatoms. The third-order valence-electron chi connectivity index (χ3n) is 3.73. The minimum absolute atomic E-state index is 0.171. The highest BCUT2D eigenvalue weighted by Crippen LogP contribution is 2.13. The van der Waals surface area contributed by atoms with Gasteiger partial charge in [-0.1, -0.05) is 24.3 Å². The van der Waals surface area contributed by atoms with Crippen LogP contribution in [0.5, 0.6) is 0 Å². The van der Waals surface area contributed by atoms with E-state index in [0.29, 0.717) is 11.4 Å². The molecule has 1 N–H and O–H groups in total. The van der Waals surface area contributed by atoms with Gasteiger partial charge in [-0.15, -0.1) is 0 Å². The number of likely N-dealkylation sites (N-methyl/N-ethyl adjacent to an activating group) is 1. The third kappa shape index (κ3) is 3.94. The summed E-state index contributed by atoms with van der Waals surface area (Å²) in [5.41, 5.74) is 1.48. The number of benzene rings is 2. The Morgan fingerprint density at radius 2 is 1.92 bits per heavy atom. The fourth-order valence-corrected chi connectivity index (χ4v) is 2.50. The van der Waals surface area contributed by atoms with Crippen LogP contribution < -0.4 is 5.32 Å². The number of rotatable bonds is 5. The van der Waals surface area contributed by atoms with E-state index in [1.807, 2.05) is 30.3 Å². The Hall–Kier alpha value is -3.48. The van der Waals surface area contributed by atoms with Gasteiger partial charge in [-0.25, -0.2) is 9.37 Å². The first kappa shape index (κ1) is 17.3. The van der Waals surface area contributed by atoms with Crippen molar-refractivity contribution >= 4 is 17.5 Å². The second-order valence-corrected chi connectivity index (χ2v) is 5.70. The minimum Gasteiger partial charge on any atom is -0.331 e. The van der Waals surface area contributed by atoms with Gasteiger partial charge in [0.25, 0.3) is 5.91 Å². The highest BCUT2D eigenvalue weighted by Gasteiger charge is 2.19. The first-order chi connectivity index (χ1) is 12.5. The van der Waals surface area contributed by atoms with Crippen molar-refractivity contribution in [2.24, 2.45) is 0 Å². The molecule has 2 aromatic carbocycles. The van der Waals surface area contributed by atoms with Gasteiger partial charge >= 0.3 is 0 Å². The first-order valence-corrected chi connectivity index (χ1v) is 7.93. The molecule has 1 aromatic heterocycles.